The van der Waals surface area contributed by atoms with Crippen LogP contribution < -0.4 is 0 Å². The molecule has 0 amide bonds. The van der Waals surface area contributed by atoms with E-state index in [1.54, 1.807) is 19.2 Å². The fourth-order valence-corrected chi connectivity index (χ4v) is 4.35. The van der Waals surface area contributed by atoms with Crippen LogP contribution in [0.3, 0.4) is 0 Å². The minimum absolute atomic E-state index is 0.109. The highest BCUT2D eigenvalue weighted by Gasteiger charge is 2.28. The second-order valence-electron chi connectivity index (χ2n) is 4.68. The van der Waals surface area contributed by atoms with E-state index in [4.69, 9.17) is 11.6 Å². The van der Waals surface area contributed by atoms with E-state index in [0.29, 0.717) is 0 Å². The Morgan fingerprint density at radius 3 is 2.33 bits per heavy atom. The van der Waals surface area contributed by atoms with Gasteiger partial charge in [0.1, 0.15) is 4.90 Å². The molecule has 0 aliphatic carbocycles. The summed E-state index contributed by atoms with van der Waals surface area (Å²) in [5.74, 6) is 0. The van der Waals surface area contributed by atoms with Gasteiger partial charge in [-0.3, -0.25) is 0 Å². The van der Waals surface area contributed by atoms with Gasteiger partial charge in [-0.25, -0.2) is 8.42 Å². The zero-order valence-corrected chi connectivity index (χ0v) is 14.8. The molecule has 0 unspecified atom stereocenters. The molecule has 0 spiro atoms. The first kappa shape index (κ1) is 16.5. The van der Waals surface area contributed by atoms with E-state index in [1.807, 2.05) is 37.3 Å². The molecule has 0 saturated carbocycles. The van der Waals surface area contributed by atoms with Crippen LogP contribution in [0.15, 0.2) is 57.9 Å². The van der Waals surface area contributed by atoms with Gasteiger partial charge >= 0.3 is 0 Å². The third-order valence-electron chi connectivity index (χ3n) is 3.38. The molecule has 0 aliphatic rings. The largest absolute Gasteiger partial charge is 0.244 e. The Morgan fingerprint density at radius 2 is 1.76 bits per heavy atom. The molecular weight excluding hydrogens is 374 g/mol. The number of halogens is 2. The van der Waals surface area contributed by atoms with Crippen LogP contribution in [0.25, 0.3) is 0 Å². The van der Waals surface area contributed by atoms with Crippen molar-refractivity contribution in [3.63, 3.8) is 0 Å². The molecule has 6 heteroatoms. The summed E-state index contributed by atoms with van der Waals surface area (Å²) >= 11 is 9.35. The highest BCUT2D eigenvalue weighted by molar-refractivity contribution is 9.10. The van der Waals surface area contributed by atoms with E-state index in [0.717, 1.165) is 10.0 Å². The highest BCUT2D eigenvalue weighted by Crippen LogP contribution is 2.31. The third-order valence-corrected chi connectivity index (χ3v) is 6.28. The van der Waals surface area contributed by atoms with Crippen molar-refractivity contribution in [2.75, 3.05) is 7.05 Å². The van der Waals surface area contributed by atoms with Crippen molar-refractivity contribution in [1.29, 1.82) is 0 Å². The van der Waals surface area contributed by atoms with Crippen LogP contribution in [-0.2, 0) is 10.0 Å². The van der Waals surface area contributed by atoms with E-state index < -0.39 is 10.0 Å². The first-order chi connectivity index (χ1) is 9.84. The van der Waals surface area contributed by atoms with E-state index >= 15 is 0 Å². The molecule has 0 bridgehead atoms. The Labute approximate surface area is 138 Å². The van der Waals surface area contributed by atoms with Crippen molar-refractivity contribution in [2.24, 2.45) is 0 Å². The molecule has 112 valence electrons. The fourth-order valence-electron chi connectivity index (χ4n) is 1.99. The van der Waals surface area contributed by atoms with Crippen molar-refractivity contribution in [3.05, 3.63) is 63.6 Å². The Morgan fingerprint density at radius 1 is 1.14 bits per heavy atom. The Kier molecular flexibility index (Phi) is 5.09. The molecule has 2 aromatic rings. The maximum absolute atomic E-state index is 12.7. The molecule has 1 atom stereocenters. The molecule has 2 aromatic carbocycles. The van der Waals surface area contributed by atoms with E-state index in [-0.39, 0.29) is 16.0 Å². The molecule has 0 saturated heterocycles. The monoisotopic (exact) mass is 387 g/mol. The predicted octanol–water partition coefficient (Wildman–Crippen LogP) is 4.48. The number of rotatable bonds is 4. The lowest BCUT2D eigenvalue weighted by molar-refractivity contribution is 0.398. The second kappa shape index (κ2) is 6.48. The maximum atomic E-state index is 12.7. The molecule has 3 nitrogen and oxygen atoms in total. The van der Waals surface area contributed by atoms with Gasteiger partial charge in [-0.05, 0) is 30.7 Å². The first-order valence-electron chi connectivity index (χ1n) is 6.32. The quantitative estimate of drug-likeness (QED) is 0.774. The summed E-state index contributed by atoms with van der Waals surface area (Å²) in [6.07, 6.45) is 0. The van der Waals surface area contributed by atoms with E-state index in [9.17, 15) is 8.42 Å². The summed E-state index contributed by atoms with van der Waals surface area (Å²) in [7, 11) is -2.09. The summed E-state index contributed by atoms with van der Waals surface area (Å²) in [6.45, 7) is 1.85. The average molecular weight is 389 g/mol. The molecule has 0 N–H and O–H groups in total. The number of sulfonamides is 1. The number of hydrogen-bond donors (Lipinski definition) is 0. The van der Waals surface area contributed by atoms with Gasteiger partial charge in [0.2, 0.25) is 10.0 Å². The lowest BCUT2D eigenvalue weighted by Gasteiger charge is -2.25. The summed E-state index contributed by atoms with van der Waals surface area (Å²) in [5.41, 5.74) is 0.928. The number of hydrogen-bond acceptors (Lipinski definition) is 2. The van der Waals surface area contributed by atoms with Crippen LogP contribution >= 0.6 is 27.5 Å². The van der Waals surface area contributed by atoms with Crippen molar-refractivity contribution in [2.45, 2.75) is 17.9 Å². The summed E-state index contributed by atoms with van der Waals surface area (Å²) in [4.78, 5) is 0.109. The van der Waals surface area contributed by atoms with Gasteiger partial charge in [0, 0.05) is 17.6 Å². The van der Waals surface area contributed by atoms with Crippen LogP contribution in [0.4, 0.5) is 0 Å². The minimum Gasteiger partial charge on any atom is -0.207 e. The lowest BCUT2D eigenvalue weighted by Crippen LogP contribution is -2.30. The van der Waals surface area contributed by atoms with Crippen LogP contribution in [0.1, 0.15) is 18.5 Å². The average Bonchev–Trinajstić information content (AvgIpc) is 2.46. The van der Waals surface area contributed by atoms with Crippen LogP contribution in [0, 0.1) is 0 Å². The van der Waals surface area contributed by atoms with Gasteiger partial charge in [-0.15, -0.1) is 0 Å². The smallest absolute Gasteiger partial charge is 0.207 e. The topological polar surface area (TPSA) is 37.4 Å². The maximum Gasteiger partial charge on any atom is 0.244 e. The summed E-state index contributed by atoms with van der Waals surface area (Å²) < 4.78 is 27.5. The molecule has 0 aromatic heterocycles. The molecule has 0 aliphatic heterocycles. The Bertz CT molecular complexity index is 735. The summed E-state index contributed by atoms with van der Waals surface area (Å²) in [6, 6.07) is 14.0. The fraction of sp³-hybridized carbons (Fsp3) is 0.200. The van der Waals surface area contributed by atoms with Crippen molar-refractivity contribution >= 4 is 37.6 Å². The normalized spacial score (nSPS) is 13.4. The highest BCUT2D eigenvalue weighted by atomic mass is 79.9. The van der Waals surface area contributed by atoms with Crippen molar-refractivity contribution < 1.29 is 8.42 Å². The first-order valence-corrected chi connectivity index (χ1v) is 8.93. The van der Waals surface area contributed by atoms with Crippen LogP contribution in [-0.4, -0.2) is 19.8 Å². The number of benzene rings is 2. The van der Waals surface area contributed by atoms with Gasteiger partial charge in [0.25, 0.3) is 0 Å². The van der Waals surface area contributed by atoms with E-state index in [1.165, 1.54) is 10.4 Å². The second-order valence-corrected chi connectivity index (χ2v) is 7.97. The Balaban J connectivity index is 2.39. The van der Waals surface area contributed by atoms with E-state index in [2.05, 4.69) is 15.9 Å². The zero-order valence-electron chi connectivity index (χ0n) is 11.6. The van der Waals surface area contributed by atoms with Crippen LogP contribution in [0.2, 0.25) is 5.02 Å². The predicted molar refractivity (Wildman–Crippen MR) is 89.0 cm³/mol. The van der Waals surface area contributed by atoms with Crippen molar-refractivity contribution in [1.82, 2.24) is 4.31 Å². The van der Waals surface area contributed by atoms with Gasteiger partial charge < -0.3 is 0 Å². The van der Waals surface area contributed by atoms with Gasteiger partial charge in [0.15, 0.2) is 0 Å². The standard InChI is InChI=1S/C15H15BrClNO2S/c1-11(12-6-4-3-5-7-12)18(2)21(19,20)15-9-8-13(16)10-14(15)17/h3-11H,1-2H3/t11-/m0/s1. The molecule has 21 heavy (non-hydrogen) atoms. The van der Waals surface area contributed by atoms with Gasteiger partial charge in [-0.1, -0.05) is 57.9 Å². The molecule has 0 radical (unpaired) electrons. The van der Waals surface area contributed by atoms with Crippen molar-refractivity contribution in [3.8, 4) is 0 Å². The number of nitrogens with zero attached hydrogens (tertiary/aromatic N) is 1. The minimum atomic E-state index is -3.65. The van der Waals surface area contributed by atoms with Gasteiger partial charge in [0.05, 0.1) is 5.02 Å². The zero-order chi connectivity index (χ0) is 15.6. The van der Waals surface area contributed by atoms with Crippen LogP contribution in [0.5, 0.6) is 0 Å². The molecule has 0 heterocycles. The van der Waals surface area contributed by atoms with Gasteiger partial charge in [-0.2, -0.15) is 4.31 Å². The SMILES string of the molecule is C[C@@H](c1ccccc1)N(C)S(=O)(=O)c1ccc(Br)cc1Cl. The molecule has 2 rings (SSSR count). The Hall–Kier alpha value is -0.880. The molecule has 0 fully saturated rings. The summed E-state index contributed by atoms with van der Waals surface area (Å²) in [5, 5.41) is 0.205. The molecular formula is C15H15BrClNO2S. The third kappa shape index (κ3) is 3.48. The lowest BCUT2D eigenvalue weighted by atomic mass is 10.1.